The van der Waals surface area contributed by atoms with Gasteiger partial charge in [0, 0.05) is 48.1 Å². The van der Waals surface area contributed by atoms with E-state index in [1.807, 2.05) is 112 Å². The van der Waals surface area contributed by atoms with Crippen molar-refractivity contribution < 1.29 is 9.59 Å². The molecule has 0 atom stereocenters. The first-order valence-corrected chi connectivity index (χ1v) is 20.2. The highest BCUT2D eigenvalue weighted by molar-refractivity contribution is 7.19. The highest BCUT2D eigenvalue weighted by Gasteiger charge is 2.18. The van der Waals surface area contributed by atoms with Crippen molar-refractivity contribution >= 4 is 78.8 Å². The molecule has 6 aromatic heterocycles. The van der Waals surface area contributed by atoms with E-state index in [1.165, 1.54) is 0 Å². The molecule has 0 aliphatic carbocycles. The summed E-state index contributed by atoms with van der Waals surface area (Å²) in [6.45, 7) is 6.02. The molecule has 6 heterocycles. The number of nitrogens with two attached hydrogens (primary N) is 1. The van der Waals surface area contributed by atoms with E-state index in [1.54, 1.807) is 66.1 Å². The lowest BCUT2D eigenvalue weighted by Crippen LogP contribution is -2.17. The highest BCUT2D eigenvalue weighted by Crippen LogP contribution is 2.37. The van der Waals surface area contributed by atoms with E-state index >= 15 is 0 Å². The Labute approximate surface area is 347 Å². The molecule has 9 rings (SSSR count). The van der Waals surface area contributed by atoms with Gasteiger partial charge in [0.05, 0.1) is 49.6 Å². The normalized spacial score (nSPS) is 10.9. The molecule has 0 aliphatic heterocycles. The number of fused-ring (bicyclic) bond motifs is 2. The van der Waals surface area contributed by atoms with Crippen molar-refractivity contribution in [1.29, 1.82) is 0 Å². The first-order chi connectivity index (χ1) is 28.6. The third kappa shape index (κ3) is 8.23. The van der Waals surface area contributed by atoms with Gasteiger partial charge in [0.1, 0.15) is 11.3 Å². The van der Waals surface area contributed by atoms with Crippen LogP contribution in [0.1, 0.15) is 37.8 Å². The fraction of sp³-hybridized carbons (Fsp3) is 0.0909. The molecule has 0 unspecified atom stereocenters. The van der Waals surface area contributed by atoms with Gasteiger partial charge < -0.3 is 27.0 Å². The number of carbonyl (C=O) groups excluding carboxylic acids is 2. The topological polar surface area (TPSA) is 169 Å². The number of anilines is 6. The molecule has 2 amide bonds. The first kappa shape index (κ1) is 38.5. The van der Waals surface area contributed by atoms with Gasteiger partial charge in [0.2, 0.25) is 0 Å². The van der Waals surface area contributed by atoms with Gasteiger partial charge in [-0.2, -0.15) is 0 Å². The first-order valence-electron chi connectivity index (χ1n) is 18.6. The van der Waals surface area contributed by atoms with Crippen LogP contribution >= 0.6 is 22.7 Å². The van der Waals surface area contributed by atoms with E-state index in [2.05, 4.69) is 45.0 Å². The maximum absolute atomic E-state index is 12.5. The SMILES string of the molecule is CNC(=O)c1ccc(Nc2ncc(-c3c(C)nc4ccccn34)s2)cc1.Cc1nc(Nc2ccc(C(=O)Nc3ccccc3N)cc2)sc1-c1c(C)nc2ccccn12. The van der Waals surface area contributed by atoms with Crippen molar-refractivity contribution in [2.75, 3.05) is 28.7 Å². The van der Waals surface area contributed by atoms with Crippen molar-refractivity contribution in [3.63, 3.8) is 0 Å². The molecule has 0 bridgehead atoms. The quantitative estimate of drug-likeness (QED) is 0.0891. The Hall–Kier alpha value is -7.36. The van der Waals surface area contributed by atoms with Gasteiger partial charge in [-0.15, -0.1) is 0 Å². The second-order valence-corrected chi connectivity index (χ2v) is 15.5. The number of amides is 2. The molecule has 0 aliphatic rings. The van der Waals surface area contributed by atoms with E-state index < -0.39 is 0 Å². The van der Waals surface area contributed by atoms with E-state index in [-0.39, 0.29) is 11.8 Å². The van der Waals surface area contributed by atoms with E-state index in [4.69, 9.17) is 10.7 Å². The minimum Gasteiger partial charge on any atom is -0.397 e. The minimum absolute atomic E-state index is 0.101. The number of aryl methyl sites for hydroxylation is 3. The number of thiazole rings is 2. The molecule has 0 saturated heterocycles. The van der Waals surface area contributed by atoms with Crippen molar-refractivity contribution in [2.45, 2.75) is 20.8 Å². The van der Waals surface area contributed by atoms with Crippen LogP contribution < -0.4 is 27.0 Å². The zero-order valence-electron chi connectivity index (χ0n) is 32.5. The summed E-state index contributed by atoms with van der Waals surface area (Å²) in [7, 11) is 1.62. The molecule has 6 N–H and O–H groups in total. The van der Waals surface area contributed by atoms with Crippen molar-refractivity contribution in [1.82, 2.24) is 34.1 Å². The van der Waals surface area contributed by atoms with Crippen molar-refractivity contribution in [3.05, 3.63) is 156 Å². The van der Waals surface area contributed by atoms with Crippen LogP contribution in [-0.2, 0) is 0 Å². The van der Waals surface area contributed by atoms with Crippen LogP contribution in [0, 0.1) is 20.8 Å². The maximum atomic E-state index is 12.5. The summed E-state index contributed by atoms with van der Waals surface area (Å²) in [5.41, 5.74) is 16.8. The zero-order chi connectivity index (χ0) is 41.0. The Bertz CT molecular complexity index is 2950. The number of benzene rings is 3. The lowest BCUT2D eigenvalue weighted by Gasteiger charge is -2.08. The second-order valence-electron chi connectivity index (χ2n) is 13.4. The molecular weight excluding hydrogens is 779 g/mol. The smallest absolute Gasteiger partial charge is 0.255 e. The number of para-hydroxylation sites is 2. The van der Waals surface area contributed by atoms with Gasteiger partial charge in [-0.05, 0) is 106 Å². The lowest BCUT2D eigenvalue weighted by molar-refractivity contribution is 0.0962. The highest BCUT2D eigenvalue weighted by atomic mass is 32.1. The van der Waals surface area contributed by atoms with Crippen LogP contribution in [0.15, 0.2) is 128 Å². The maximum Gasteiger partial charge on any atom is 0.255 e. The van der Waals surface area contributed by atoms with E-state index in [0.29, 0.717) is 22.5 Å². The Morgan fingerprint density at radius 1 is 0.610 bits per heavy atom. The molecule has 3 aromatic carbocycles. The molecule has 0 fully saturated rings. The fourth-order valence-corrected chi connectivity index (χ4v) is 8.53. The van der Waals surface area contributed by atoms with Gasteiger partial charge >= 0.3 is 0 Å². The summed E-state index contributed by atoms with van der Waals surface area (Å²) < 4.78 is 4.16. The van der Waals surface area contributed by atoms with Crippen LogP contribution in [0.25, 0.3) is 32.4 Å². The van der Waals surface area contributed by atoms with Gasteiger partial charge in [-0.1, -0.05) is 46.9 Å². The fourth-order valence-electron chi connectivity index (χ4n) is 6.51. The van der Waals surface area contributed by atoms with Gasteiger partial charge in [0.25, 0.3) is 11.8 Å². The van der Waals surface area contributed by atoms with E-state index in [9.17, 15) is 9.59 Å². The summed E-state index contributed by atoms with van der Waals surface area (Å²) in [5.74, 6) is -0.314. The number of rotatable bonds is 9. The zero-order valence-corrected chi connectivity index (χ0v) is 34.2. The average Bonchev–Trinajstić information content (AvgIpc) is 4.02. The Balaban J connectivity index is 0.000000169. The standard InChI is InChI=1S/C25H22N6OS.C19H17N5OS/c1-15-22(31-14-6-5-9-21(31)27-15)23-16(2)28-25(33-23)29-18-12-10-17(11-13-18)24(32)30-20-8-4-3-7-19(20)26;1-12-17(24-10-4-3-5-16(24)22-12)15-11-21-19(26-15)23-14-8-6-13(7-9-14)18(25)20-2/h3-14H,26H2,1-2H3,(H,28,29)(H,30,32);3-11H,1-2H3,(H,20,25)(H,21,23). The third-order valence-electron chi connectivity index (χ3n) is 9.39. The van der Waals surface area contributed by atoms with Gasteiger partial charge in [-0.3, -0.25) is 18.4 Å². The Morgan fingerprint density at radius 2 is 1.17 bits per heavy atom. The molecule has 0 radical (unpaired) electrons. The number of nitrogens with zero attached hydrogens (tertiary/aromatic N) is 6. The summed E-state index contributed by atoms with van der Waals surface area (Å²) in [6.07, 6.45) is 5.88. The van der Waals surface area contributed by atoms with Crippen LogP contribution in [0.4, 0.5) is 33.0 Å². The monoisotopic (exact) mass is 817 g/mol. The third-order valence-corrected chi connectivity index (χ3v) is 11.4. The number of hydrogen-bond acceptors (Lipinski definition) is 11. The molecule has 13 nitrogen and oxygen atoms in total. The predicted octanol–water partition coefficient (Wildman–Crippen LogP) is 9.52. The van der Waals surface area contributed by atoms with E-state index in [0.717, 1.165) is 71.2 Å². The van der Waals surface area contributed by atoms with Gasteiger partial charge in [0.15, 0.2) is 10.3 Å². The molecule has 0 saturated carbocycles. The number of pyridine rings is 2. The Kier molecular flexibility index (Phi) is 10.9. The van der Waals surface area contributed by atoms with Gasteiger partial charge in [-0.25, -0.2) is 19.9 Å². The summed E-state index contributed by atoms with van der Waals surface area (Å²) >= 11 is 3.15. The lowest BCUT2D eigenvalue weighted by atomic mass is 10.2. The average molecular weight is 818 g/mol. The molecule has 59 heavy (non-hydrogen) atoms. The number of nitrogens with one attached hydrogen (secondary N) is 4. The number of nitrogen functional groups attached to an aromatic ring is 1. The summed E-state index contributed by atoms with van der Waals surface area (Å²) in [4.78, 5) is 44.7. The molecular formula is C44H39N11O2S2. The van der Waals surface area contributed by atoms with Crippen molar-refractivity contribution in [2.24, 2.45) is 0 Å². The Morgan fingerprint density at radius 3 is 1.80 bits per heavy atom. The van der Waals surface area contributed by atoms with Crippen molar-refractivity contribution in [3.8, 4) is 21.1 Å². The number of aromatic nitrogens is 6. The largest absolute Gasteiger partial charge is 0.397 e. The number of carbonyl (C=O) groups is 2. The van der Waals surface area contributed by atoms with Crippen LogP contribution in [0.2, 0.25) is 0 Å². The molecule has 0 spiro atoms. The summed E-state index contributed by atoms with van der Waals surface area (Å²) in [5, 5.41) is 13.6. The number of imidazole rings is 2. The minimum atomic E-state index is -0.213. The number of hydrogen-bond donors (Lipinski definition) is 5. The molecule has 15 heteroatoms. The predicted molar refractivity (Wildman–Crippen MR) is 238 cm³/mol. The van der Waals surface area contributed by atoms with Crippen LogP contribution in [0.5, 0.6) is 0 Å². The molecule has 9 aromatic rings. The van der Waals surface area contributed by atoms with Crippen LogP contribution in [0.3, 0.4) is 0 Å². The summed E-state index contributed by atoms with van der Waals surface area (Å²) in [6, 6.07) is 33.7. The van der Waals surface area contributed by atoms with Crippen LogP contribution in [-0.4, -0.2) is 47.6 Å². The second kappa shape index (κ2) is 16.6. The molecule has 294 valence electrons.